The van der Waals surface area contributed by atoms with Crippen LogP contribution in [0.15, 0.2) is 85.1 Å². The van der Waals surface area contributed by atoms with Crippen molar-refractivity contribution in [2.24, 2.45) is 29.4 Å². The van der Waals surface area contributed by atoms with E-state index in [1.54, 1.807) is 13.8 Å². The van der Waals surface area contributed by atoms with Crippen LogP contribution >= 0.6 is 0 Å². The van der Waals surface area contributed by atoms with Gasteiger partial charge in [0, 0.05) is 30.6 Å². The number of cyclic esters (lactones) is 1. The molecule has 0 aromatic heterocycles. The fourth-order valence-electron chi connectivity index (χ4n) is 8.07. The van der Waals surface area contributed by atoms with Gasteiger partial charge in [-0.05, 0) is 57.8 Å². The first-order valence-electron chi connectivity index (χ1n) is 22.0. The summed E-state index contributed by atoms with van der Waals surface area (Å²) < 4.78 is 17.5. The summed E-state index contributed by atoms with van der Waals surface area (Å²) in [6, 6.07) is -0.876. The molecule has 11 N–H and O–H groups in total. The van der Waals surface area contributed by atoms with Crippen molar-refractivity contribution in [3.8, 4) is 0 Å². The first kappa shape index (κ1) is 52.5. The number of rotatable bonds is 2. The maximum atomic E-state index is 12.6. The highest BCUT2D eigenvalue weighted by atomic mass is 16.6. The largest absolute Gasteiger partial charge is 0.462 e. The molecule has 61 heavy (non-hydrogen) atoms. The Labute approximate surface area is 362 Å². The van der Waals surface area contributed by atoms with Gasteiger partial charge in [-0.3, -0.25) is 4.79 Å². The molecule has 346 valence electrons. The monoisotopic (exact) mass is 862 g/mol. The number of allylic oxidation sites excluding steroid dienone is 13. The summed E-state index contributed by atoms with van der Waals surface area (Å²) in [5, 5.41) is 97.0. The molecule has 3 aliphatic rings. The van der Waals surface area contributed by atoms with E-state index >= 15 is 0 Å². The van der Waals surface area contributed by atoms with Crippen molar-refractivity contribution in [2.45, 2.75) is 171 Å². The van der Waals surface area contributed by atoms with Crippen LogP contribution in [0, 0.1) is 23.7 Å². The van der Waals surface area contributed by atoms with Crippen LogP contribution < -0.4 is 5.73 Å². The molecule has 14 heteroatoms. The molecule has 17 atom stereocenters. The van der Waals surface area contributed by atoms with Gasteiger partial charge in [0.1, 0.15) is 6.10 Å². The molecule has 0 amide bonds. The maximum absolute atomic E-state index is 12.6. The average molecular weight is 862 g/mol. The van der Waals surface area contributed by atoms with E-state index in [0.29, 0.717) is 19.3 Å². The molecule has 0 aromatic rings. The zero-order valence-electron chi connectivity index (χ0n) is 36.3. The predicted octanol–water partition coefficient (Wildman–Crippen LogP) is 2.95. The lowest BCUT2D eigenvalue weighted by Gasteiger charge is -2.45. The molecule has 3 rings (SSSR count). The van der Waals surface area contributed by atoms with Crippen LogP contribution in [-0.4, -0.2) is 138 Å². The van der Waals surface area contributed by atoms with Crippen LogP contribution in [0.1, 0.15) is 91.9 Å². The van der Waals surface area contributed by atoms with Crippen LogP contribution in [0.3, 0.4) is 0 Å². The topological polar surface area (TPSA) is 253 Å². The van der Waals surface area contributed by atoms with E-state index in [0.717, 1.165) is 0 Å². The fourth-order valence-corrected chi connectivity index (χ4v) is 8.07. The summed E-state index contributed by atoms with van der Waals surface area (Å²) in [4.78, 5) is 12.6. The third-order valence-corrected chi connectivity index (χ3v) is 12.1. The van der Waals surface area contributed by atoms with E-state index < -0.39 is 90.9 Å². The number of aliphatic hydroxyl groups excluding tert-OH is 8. The molecule has 2 fully saturated rings. The van der Waals surface area contributed by atoms with Crippen LogP contribution in [0.4, 0.5) is 0 Å². The number of esters is 1. The lowest BCUT2D eigenvalue weighted by atomic mass is 9.80. The van der Waals surface area contributed by atoms with Crippen molar-refractivity contribution in [3.05, 3.63) is 85.1 Å². The van der Waals surface area contributed by atoms with E-state index in [2.05, 4.69) is 0 Å². The molecular formula is C47H75NO13. The molecule has 0 aromatic carbocycles. The van der Waals surface area contributed by atoms with E-state index in [9.17, 15) is 50.8 Å². The molecule has 0 saturated carbocycles. The predicted molar refractivity (Wildman–Crippen MR) is 232 cm³/mol. The van der Waals surface area contributed by atoms with Gasteiger partial charge in [-0.25, -0.2) is 0 Å². The Hall–Kier alpha value is -2.83. The Balaban J connectivity index is 1.76. The summed E-state index contributed by atoms with van der Waals surface area (Å²) in [7, 11) is 0. The van der Waals surface area contributed by atoms with Gasteiger partial charge in [0.05, 0.1) is 80.1 Å². The first-order chi connectivity index (χ1) is 28.9. The Kier molecular flexibility index (Phi) is 23.0. The van der Waals surface area contributed by atoms with Gasteiger partial charge < -0.3 is 65.9 Å². The normalized spacial score (nSPS) is 45.3. The van der Waals surface area contributed by atoms with Gasteiger partial charge in [-0.15, -0.1) is 0 Å². The molecule has 7 unspecified atom stereocenters. The highest BCUT2D eigenvalue weighted by molar-refractivity contribution is 5.70. The first-order valence-corrected chi connectivity index (χ1v) is 22.0. The van der Waals surface area contributed by atoms with Crippen LogP contribution in [0.2, 0.25) is 0 Å². The van der Waals surface area contributed by atoms with Crippen molar-refractivity contribution < 1.29 is 65.0 Å². The number of carbonyl (C=O) groups is 1. The van der Waals surface area contributed by atoms with Crippen LogP contribution in [-0.2, 0) is 19.0 Å². The van der Waals surface area contributed by atoms with E-state index in [-0.39, 0.29) is 69.3 Å². The van der Waals surface area contributed by atoms with Crippen molar-refractivity contribution in [2.75, 3.05) is 6.61 Å². The van der Waals surface area contributed by atoms with Crippen molar-refractivity contribution in [1.82, 2.24) is 0 Å². The number of nitrogens with two attached hydrogens (primary N) is 1. The van der Waals surface area contributed by atoms with Gasteiger partial charge >= 0.3 is 5.97 Å². The smallest absolute Gasteiger partial charge is 0.308 e. The summed E-state index contributed by atoms with van der Waals surface area (Å²) in [5.74, 6) is -3.78. The molecule has 2 saturated heterocycles. The number of ether oxygens (including phenoxy) is 3. The highest BCUT2D eigenvalue weighted by Gasteiger charge is 2.46. The second kappa shape index (κ2) is 26.7. The summed E-state index contributed by atoms with van der Waals surface area (Å²) >= 11 is 0. The SMILES string of the molecule is CC1C2C[C@@H](CC3OCC(O)C(N)C3O)/C=C/C=C/C=C/C=C/C=C/C=C/C=C/[C@H](C)[C@@H](O)[C@@H](C)[C@H](C)OC(=O)C[C@H](O)CC(O)C[C@H](O)CCC[C@H](O)C[C@](O)(C[C@@H]1O)O2. The van der Waals surface area contributed by atoms with E-state index in [1.807, 2.05) is 98.9 Å². The number of carbonyl (C=O) groups excluding carboxylic acids is 1. The minimum Gasteiger partial charge on any atom is -0.462 e. The fraction of sp³-hybridized carbons (Fsp3) is 0.681. The van der Waals surface area contributed by atoms with Crippen LogP contribution in [0.25, 0.3) is 0 Å². The Bertz CT molecular complexity index is 1500. The van der Waals surface area contributed by atoms with Crippen molar-refractivity contribution in [1.29, 1.82) is 0 Å². The third kappa shape index (κ3) is 18.8. The van der Waals surface area contributed by atoms with Gasteiger partial charge in [0.25, 0.3) is 0 Å². The van der Waals surface area contributed by atoms with E-state index in [1.165, 1.54) is 0 Å². The molecule has 14 nitrogen and oxygen atoms in total. The maximum Gasteiger partial charge on any atom is 0.308 e. The van der Waals surface area contributed by atoms with Crippen molar-refractivity contribution >= 4 is 5.97 Å². The van der Waals surface area contributed by atoms with Gasteiger partial charge in [0.2, 0.25) is 0 Å². The summed E-state index contributed by atoms with van der Waals surface area (Å²) in [5.41, 5.74) is 6.05. The zero-order chi connectivity index (χ0) is 45.1. The van der Waals surface area contributed by atoms with Gasteiger partial charge in [0.15, 0.2) is 5.79 Å². The standard InChI is InChI=1S/C47H75NO13/c1-30-18-15-13-11-9-7-5-6-8-10-12-14-16-19-34(23-42-46(57)44(48)40(54)29-59-42)22-41-32(3)39(53)28-47(58,61-41)27-36(50)21-17-20-35(49)24-37(51)25-38(52)26-43(55)60-33(4)31(2)45(30)56/h5-16,18-19,30-42,44-46,49-54,56-58H,17,20-29,48H2,1-4H3/b6-5+,9-7+,10-8+,13-11+,14-12+,18-15+,19-16+/t30-,31-,32?,33-,34-,35+,36-,37?,38+,39-,40?,41?,42?,44?,45+,46?,47+/m0/s1. The quantitative estimate of drug-likeness (QED) is 0.179. The van der Waals surface area contributed by atoms with E-state index in [4.69, 9.17) is 19.9 Å². The number of fused-ring (bicyclic) bond motifs is 2. The number of aliphatic hydroxyl groups is 9. The Morgan fingerprint density at radius 3 is 1.84 bits per heavy atom. The molecule has 3 heterocycles. The number of hydrogen-bond donors (Lipinski definition) is 10. The van der Waals surface area contributed by atoms with Gasteiger partial charge in [-0.2, -0.15) is 0 Å². The second-order valence-electron chi connectivity index (χ2n) is 17.5. The summed E-state index contributed by atoms with van der Waals surface area (Å²) in [6.07, 6.45) is 16.6. The molecule has 2 bridgehead atoms. The average Bonchev–Trinajstić information content (AvgIpc) is 3.18. The lowest BCUT2D eigenvalue weighted by molar-refractivity contribution is -0.299. The minimum absolute atomic E-state index is 0.0192. The van der Waals surface area contributed by atoms with Crippen LogP contribution in [0.5, 0.6) is 0 Å². The molecule has 0 radical (unpaired) electrons. The molecule has 3 aliphatic heterocycles. The van der Waals surface area contributed by atoms with Gasteiger partial charge in [-0.1, -0.05) is 106 Å². The van der Waals surface area contributed by atoms with Crippen molar-refractivity contribution in [3.63, 3.8) is 0 Å². The zero-order valence-corrected chi connectivity index (χ0v) is 36.3. The second-order valence-corrected chi connectivity index (χ2v) is 17.5. The highest BCUT2D eigenvalue weighted by Crippen LogP contribution is 2.38. The molecule has 0 aliphatic carbocycles. The Morgan fingerprint density at radius 1 is 0.656 bits per heavy atom. The third-order valence-electron chi connectivity index (χ3n) is 12.1. The summed E-state index contributed by atoms with van der Waals surface area (Å²) in [6.45, 7) is 7.14. The molecule has 0 spiro atoms. The molecular weight excluding hydrogens is 787 g/mol. The Morgan fingerprint density at radius 2 is 1.21 bits per heavy atom. The number of hydrogen-bond acceptors (Lipinski definition) is 14. The minimum atomic E-state index is -1.84. The lowest BCUT2D eigenvalue weighted by Crippen LogP contribution is -2.57.